The summed E-state index contributed by atoms with van der Waals surface area (Å²) >= 11 is 0. The van der Waals surface area contributed by atoms with E-state index in [9.17, 15) is 14.4 Å². The summed E-state index contributed by atoms with van der Waals surface area (Å²) in [6.45, 7) is 4.38. The first-order chi connectivity index (χ1) is 13.3. The number of amides is 3. The topological polar surface area (TPSA) is 120 Å². The molecule has 0 fully saturated rings. The molecule has 0 bridgehead atoms. The molecule has 0 saturated heterocycles. The maximum Gasteiger partial charge on any atom is 0.244 e. The van der Waals surface area contributed by atoms with Crippen LogP contribution in [0.4, 0.5) is 0 Å². The zero-order valence-corrected chi connectivity index (χ0v) is 16.5. The average Bonchev–Trinajstić information content (AvgIpc) is 3.08. The molecule has 0 saturated carbocycles. The van der Waals surface area contributed by atoms with Gasteiger partial charge in [-0.05, 0) is 24.0 Å². The summed E-state index contributed by atoms with van der Waals surface area (Å²) in [6, 6.07) is 6.94. The van der Waals surface area contributed by atoms with Crippen LogP contribution in [0.2, 0.25) is 0 Å². The fraction of sp³-hybridized carbons (Fsp3) is 0.500. The molecule has 0 unspecified atom stereocenters. The smallest absolute Gasteiger partial charge is 0.244 e. The second kappa shape index (κ2) is 9.98. The van der Waals surface area contributed by atoms with Gasteiger partial charge < -0.3 is 10.6 Å². The van der Waals surface area contributed by atoms with Crippen LogP contribution in [0.25, 0.3) is 5.57 Å². The molecule has 0 radical (unpaired) electrons. The molecule has 0 spiro atoms. The molecule has 1 aromatic rings. The van der Waals surface area contributed by atoms with Crippen LogP contribution in [0.5, 0.6) is 0 Å². The molecule has 8 nitrogen and oxygen atoms in total. The van der Waals surface area contributed by atoms with E-state index in [0.29, 0.717) is 19.4 Å². The van der Waals surface area contributed by atoms with Crippen molar-refractivity contribution in [3.8, 4) is 0 Å². The van der Waals surface area contributed by atoms with Crippen molar-refractivity contribution in [1.29, 1.82) is 0 Å². The largest absolute Gasteiger partial charge is 0.357 e. The van der Waals surface area contributed by atoms with Gasteiger partial charge in [0, 0.05) is 31.0 Å². The molecule has 3 amide bonds. The quantitative estimate of drug-likeness (QED) is 0.341. The lowest BCUT2D eigenvalue weighted by Crippen LogP contribution is -2.48. The van der Waals surface area contributed by atoms with E-state index in [-0.39, 0.29) is 24.2 Å². The van der Waals surface area contributed by atoms with E-state index in [1.807, 2.05) is 38.1 Å². The molecule has 1 aliphatic rings. The molecule has 4 N–H and O–H groups in total. The Morgan fingerprint density at radius 3 is 2.54 bits per heavy atom. The zero-order chi connectivity index (χ0) is 20.7. The first kappa shape index (κ1) is 21.6. The van der Waals surface area contributed by atoms with Crippen molar-refractivity contribution in [1.82, 2.24) is 16.1 Å². The molecule has 1 heterocycles. The van der Waals surface area contributed by atoms with Crippen LogP contribution in [0.15, 0.2) is 29.3 Å². The second-order valence-corrected chi connectivity index (χ2v) is 7.38. The van der Waals surface area contributed by atoms with Gasteiger partial charge in [0.1, 0.15) is 6.04 Å². The summed E-state index contributed by atoms with van der Waals surface area (Å²) in [6.07, 6.45) is 0.663. The van der Waals surface area contributed by atoms with Crippen molar-refractivity contribution in [3.05, 3.63) is 34.8 Å². The zero-order valence-electron chi connectivity index (χ0n) is 16.5. The van der Waals surface area contributed by atoms with Gasteiger partial charge in [-0.25, -0.2) is 5.48 Å². The number of para-hydroxylation sites is 1. The molecule has 28 heavy (non-hydrogen) atoms. The molecule has 1 aliphatic heterocycles. The number of rotatable bonds is 9. The number of hydrogen-bond donors (Lipinski definition) is 4. The molecular weight excluding hydrogens is 360 g/mol. The van der Waals surface area contributed by atoms with Crippen LogP contribution in [-0.2, 0) is 14.4 Å². The van der Waals surface area contributed by atoms with Crippen molar-refractivity contribution in [2.24, 2.45) is 16.8 Å². The Bertz CT molecular complexity index is 850. The van der Waals surface area contributed by atoms with E-state index >= 15 is 0 Å². The number of likely N-dealkylation sites (N-methyl/N-ethyl adjacent to an activating group) is 1. The van der Waals surface area contributed by atoms with Crippen molar-refractivity contribution in [2.45, 2.75) is 39.2 Å². The van der Waals surface area contributed by atoms with E-state index in [1.54, 1.807) is 5.48 Å². The van der Waals surface area contributed by atoms with E-state index in [2.05, 4.69) is 15.6 Å². The van der Waals surface area contributed by atoms with Gasteiger partial charge in [-0.1, -0.05) is 32.0 Å². The van der Waals surface area contributed by atoms with Crippen LogP contribution in [0, 0.1) is 11.8 Å². The summed E-state index contributed by atoms with van der Waals surface area (Å²) in [5, 5.41) is 16.0. The molecule has 2 atom stereocenters. The maximum absolute atomic E-state index is 12.8. The number of carbonyl (C=O) groups excluding carboxylic acids is 3. The fourth-order valence-electron chi connectivity index (χ4n) is 3.39. The first-order valence-electron chi connectivity index (χ1n) is 9.42. The Kier molecular flexibility index (Phi) is 7.69. The predicted octanol–water partition coefficient (Wildman–Crippen LogP) is -0.351. The Morgan fingerprint density at radius 2 is 1.89 bits per heavy atom. The molecule has 8 heteroatoms. The van der Waals surface area contributed by atoms with E-state index in [1.165, 1.54) is 7.05 Å². The highest BCUT2D eigenvalue weighted by atomic mass is 16.5. The van der Waals surface area contributed by atoms with Crippen LogP contribution in [0.1, 0.15) is 33.1 Å². The first-order valence-corrected chi connectivity index (χ1v) is 9.42. The van der Waals surface area contributed by atoms with Crippen molar-refractivity contribution in [3.63, 3.8) is 0 Å². The summed E-state index contributed by atoms with van der Waals surface area (Å²) in [5.74, 6) is -1.77. The lowest BCUT2D eigenvalue weighted by atomic mass is 9.92. The van der Waals surface area contributed by atoms with Gasteiger partial charge in [-0.3, -0.25) is 24.6 Å². The highest BCUT2D eigenvalue weighted by Gasteiger charge is 2.28. The van der Waals surface area contributed by atoms with E-state index in [0.717, 1.165) is 16.1 Å². The Hall–Kier alpha value is -2.74. The summed E-state index contributed by atoms with van der Waals surface area (Å²) in [5.41, 5.74) is 2.55. The van der Waals surface area contributed by atoms with Gasteiger partial charge in [-0.2, -0.15) is 0 Å². The lowest BCUT2D eigenvalue weighted by Gasteiger charge is -2.23. The number of hydroxylamine groups is 1. The van der Waals surface area contributed by atoms with Crippen molar-refractivity contribution < 1.29 is 19.6 Å². The number of benzene rings is 1. The van der Waals surface area contributed by atoms with Gasteiger partial charge in [0.15, 0.2) is 0 Å². The highest BCUT2D eigenvalue weighted by molar-refractivity contribution is 5.91. The molecular formula is C20H28N4O4. The minimum atomic E-state index is -0.763. The van der Waals surface area contributed by atoms with Crippen LogP contribution >= 0.6 is 0 Å². The third-order valence-corrected chi connectivity index (χ3v) is 4.74. The van der Waals surface area contributed by atoms with Gasteiger partial charge in [-0.15, -0.1) is 0 Å². The summed E-state index contributed by atoms with van der Waals surface area (Å²) in [7, 11) is 1.52. The molecule has 1 aromatic carbocycles. The third-order valence-electron chi connectivity index (χ3n) is 4.74. The number of nitrogens with one attached hydrogen (secondary N) is 3. The molecule has 2 rings (SSSR count). The third kappa shape index (κ3) is 5.63. The summed E-state index contributed by atoms with van der Waals surface area (Å²) < 4.78 is 0. The van der Waals surface area contributed by atoms with Crippen molar-refractivity contribution >= 4 is 23.3 Å². The normalized spacial score (nSPS) is 14.7. The Morgan fingerprint density at radius 1 is 1.18 bits per heavy atom. The number of hydrogen-bond acceptors (Lipinski definition) is 5. The molecule has 0 aliphatic carbocycles. The number of carbonyl (C=O) groups is 3. The SMILES string of the molecule is CNC(=O)[C@H](CC1=c2ccccc2=NC1)NC(=O)[C@@H](CC(=O)NO)CC(C)C. The van der Waals surface area contributed by atoms with Crippen molar-refractivity contribution in [2.75, 3.05) is 13.6 Å². The van der Waals surface area contributed by atoms with Crippen LogP contribution in [0.3, 0.4) is 0 Å². The minimum Gasteiger partial charge on any atom is -0.357 e. The predicted molar refractivity (Wildman–Crippen MR) is 104 cm³/mol. The Balaban J connectivity index is 2.19. The fourth-order valence-corrected chi connectivity index (χ4v) is 3.39. The van der Waals surface area contributed by atoms with Gasteiger partial charge in [0.05, 0.1) is 11.9 Å². The molecule has 152 valence electrons. The molecule has 0 aromatic heterocycles. The van der Waals surface area contributed by atoms with Gasteiger partial charge in [0.2, 0.25) is 17.7 Å². The van der Waals surface area contributed by atoms with Gasteiger partial charge in [0.25, 0.3) is 0 Å². The summed E-state index contributed by atoms with van der Waals surface area (Å²) in [4.78, 5) is 41.2. The van der Waals surface area contributed by atoms with Crippen LogP contribution in [-0.4, -0.2) is 42.6 Å². The second-order valence-electron chi connectivity index (χ2n) is 7.38. The van der Waals surface area contributed by atoms with E-state index in [4.69, 9.17) is 5.21 Å². The average molecular weight is 388 g/mol. The number of fused-ring (bicyclic) bond motifs is 1. The number of nitrogens with zero attached hydrogens (tertiary/aromatic N) is 1. The van der Waals surface area contributed by atoms with Crippen LogP contribution < -0.4 is 26.7 Å². The monoisotopic (exact) mass is 388 g/mol. The van der Waals surface area contributed by atoms with E-state index < -0.39 is 17.9 Å². The Labute approximate surface area is 164 Å². The minimum absolute atomic E-state index is 0.143. The highest BCUT2D eigenvalue weighted by Crippen LogP contribution is 2.17. The van der Waals surface area contributed by atoms with Gasteiger partial charge >= 0.3 is 0 Å². The lowest BCUT2D eigenvalue weighted by molar-refractivity contribution is -0.136. The standard InChI is InChI=1S/C20H28N4O4/c1-12(2)8-13(10-18(25)24-28)19(26)23-17(20(27)21-3)9-14-11-22-16-7-5-4-6-15(14)16/h4-7,12-13,17,28H,8-11H2,1-3H3,(H,21,27)(H,23,26)(H,24,25)/t13-,17+/m1/s1. The maximum atomic E-state index is 12.8.